The molecule has 4 nitrogen and oxygen atoms in total. The Morgan fingerprint density at radius 1 is 1.35 bits per heavy atom. The third-order valence-electron chi connectivity index (χ3n) is 3.43. The number of fused-ring (bicyclic) bond motifs is 1. The van der Waals surface area contributed by atoms with E-state index in [4.69, 9.17) is 4.74 Å². The summed E-state index contributed by atoms with van der Waals surface area (Å²) in [5.74, 6) is -0.0267. The molecule has 0 N–H and O–H groups in total. The number of esters is 1. The molecule has 2 rings (SSSR count). The van der Waals surface area contributed by atoms with E-state index in [0.717, 1.165) is 11.3 Å². The lowest BCUT2D eigenvalue weighted by Crippen LogP contribution is -2.45. The summed E-state index contributed by atoms with van der Waals surface area (Å²) in [4.78, 5) is 26.1. The SMILES string of the molecule is CCOC(=O)C(CC(C)C)N1C(=O)Cc2ccccc21. The summed E-state index contributed by atoms with van der Waals surface area (Å²) in [5, 5.41) is 0. The molecule has 0 saturated carbocycles. The summed E-state index contributed by atoms with van der Waals surface area (Å²) < 4.78 is 5.15. The smallest absolute Gasteiger partial charge is 0.329 e. The number of carbonyl (C=O) groups excluding carboxylic acids is 2. The quantitative estimate of drug-likeness (QED) is 0.776. The molecule has 1 unspecified atom stereocenters. The van der Waals surface area contributed by atoms with Gasteiger partial charge in [-0.25, -0.2) is 4.79 Å². The van der Waals surface area contributed by atoms with Gasteiger partial charge in [0, 0.05) is 5.69 Å². The molecule has 4 heteroatoms. The molecule has 1 heterocycles. The van der Waals surface area contributed by atoms with E-state index in [1.54, 1.807) is 11.8 Å². The second kappa shape index (κ2) is 6.07. The van der Waals surface area contributed by atoms with Crippen molar-refractivity contribution in [2.75, 3.05) is 11.5 Å². The molecule has 1 aliphatic heterocycles. The molecule has 0 saturated heterocycles. The van der Waals surface area contributed by atoms with Crippen molar-refractivity contribution in [2.45, 2.75) is 39.7 Å². The lowest BCUT2D eigenvalue weighted by molar-refractivity contribution is -0.146. The molecular weight excluding hydrogens is 254 g/mol. The first-order valence-corrected chi connectivity index (χ1v) is 7.11. The van der Waals surface area contributed by atoms with Crippen LogP contribution in [-0.2, 0) is 20.7 Å². The summed E-state index contributed by atoms with van der Waals surface area (Å²) >= 11 is 0. The number of para-hydroxylation sites is 1. The van der Waals surface area contributed by atoms with Crippen LogP contribution in [-0.4, -0.2) is 24.5 Å². The maximum atomic E-state index is 12.3. The van der Waals surface area contributed by atoms with E-state index in [1.807, 2.05) is 38.1 Å². The fraction of sp³-hybridized carbons (Fsp3) is 0.500. The fourth-order valence-electron chi connectivity index (χ4n) is 2.61. The van der Waals surface area contributed by atoms with Gasteiger partial charge >= 0.3 is 5.97 Å². The Labute approximate surface area is 119 Å². The number of hydrogen-bond donors (Lipinski definition) is 0. The number of nitrogens with zero attached hydrogens (tertiary/aromatic N) is 1. The van der Waals surface area contributed by atoms with Crippen molar-refractivity contribution in [2.24, 2.45) is 5.92 Å². The third-order valence-corrected chi connectivity index (χ3v) is 3.43. The Bertz CT molecular complexity index is 510. The highest BCUT2D eigenvalue weighted by Crippen LogP contribution is 2.32. The first-order chi connectivity index (χ1) is 9.54. The summed E-state index contributed by atoms with van der Waals surface area (Å²) in [6.45, 7) is 6.19. The van der Waals surface area contributed by atoms with Gasteiger partial charge in [-0.3, -0.25) is 9.69 Å². The number of carbonyl (C=O) groups is 2. The van der Waals surface area contributed by atoms with Gasteiger partial charge in [0.25, 0.3) is 0 Å². The van der Waals surface area contributed by atoms with Crippen LogP contribution in [0.1, 0.15) is 32.8 Å². The molecule has 1 aliphatic rings. The van der Waals surface area contributed by atoms with Crippen LogP contribution in [0.4, 0.5) is 5.69 Å². The molecule has 1 amide bonds. The van der Waals surface area contributed by atoms with Crippen LogP contribution in [0.25, 0.3) is 0 Å². The van der Waals surface area contributed by atoms with Gasteiger partial charge in [-0.15, -0.1) is 0 Å². The zero-order valence-electron chi connectivity index (χ0n) is 12.3. The highest BCUT2D eigenvalue weighted by molar-refractivity contribution is 6.05. The summed E-state index contributed by atoms with van der Waals surface area (Å²) in [5.41, 5.74) is 1.83. The number of anilines is 1. The first kappa shape index (κ1) is 14.6. The zero-order chi connectivity index (χ0) is 14.7. The second-order valence-corrected chi connectivity index (χ2v) is 5.47. The monoisotopic (exact) mass is 275 g/mol. The second-order valence-electron chi connectivity index (χ2n) is 5.47. The molecule has 1 atom stereocenters. The highest BCUT2D eigenvalue weighted by atomic mass is 16.5. The number of amides is 1. The Kier molecular flexibility index (Phi) is 4.42. The number of rotatable bonds is 5. The third kappa shape index (κ3) is 2.84. The highest BCUT2D eigenvalue weighted by Gasteiger charge is 2.37. The topological polar surface area (TPSA) is 46.6 Å². The van der Waals surface area contributed by atoms with Crippen molar-refractivity contribution < 1.29 is 14.3 Å². The molecular formula is C16H21NO3. The van der Waals surface area contributed by atoms with Gasteiger partial charge in [0.05, 0.1) is 13.0 Å². The first-order valence-electron chi connectivity index (χ1n) is 7.11. The molecule has 1 aromatic rings. The van der Waals surface area contributed by atoms with E-state index < -0.39 is 6.04 Å². The average Bonchev–Trinajstić information content (AvgIpc) is 2.72. The average molecular weight is 275 g/mol. The van der Waals surface area contributed by atoms with Crippen LogP contribution in [0, 0.1) is 5.92 Å². The molecule has 20 heavy (non-hydrogen) atoms. The normalized spacial score (nSPS) is 15.4. The minimum atomic E-state index is -0.522. The van der Waals surface area contributed by atoms with Gasteiger partial charge in [-0.1, -0.05) is 32.0 Å². The summed E-state index contributed by atoms with van der Waals surface area (Å²) in [7, 11) is 0. The molecule has 0 aliphatic carbocycles. The van der Waals surface area contributed by atoms with Crippen molar-refractivity contribution in [3.63, 3.8) is 0 Å². The Morgan fingerprint density at radius 3 is 2.70 bits per heavy atom. The zero-order valence-corrected chi connectivity index (χ0v) is 12.3. The van der Waals surface area contributed by atoms with E-state index in [1.165, 1.54) is 0 Å². The molecule has 1 aromatic carbocycles. The van der Waals surface area contributed by atoms with Gasteiger partial charge in [0.15, 0.2) is 0 Å². The van der Waals surface area contributed by atoms with Crippen molar-refractivity contribution in [3.8, 4) is 0 Å². The van der Waals surface area contributed by atoms with Gasteiger partial charge in [-0.2, -0.15) is 0 Å². The van der Waals surface area contributed by atoms with Crippen molar-refractivity contribution in [1.82, 2.24) is 0 Å². The number of hydrogen-bond acceptors (Lipinski definition) is 3. The number of ether oxygens (including phenoxy) is 1. The Morgan fingerprint density at radius 2 is 2.05 bits per heavy atom. The Hall–Kier alpha value is -1.84. The lowest BCUT2D eigenvalue weighted by atomic mass is 10.0. The molecule has 0 radical (unpaired) electrons. The van der Waals surface area contributed by atoms with Crippen LogP contribution in [0.15, 0.2) is 24.3 Å². The van der Waals surface area contributed by atoms with E-state index in [0.29, 0.717) is 25.4 Å². The fourth-order valence-corrected chi connectivity index (χ4v) is 2.61. The van der Waals surface area contributed by atoms with Crippen molar-refractivity contribution in [3.05, 3.63) is 29.8 Å². The minimum Gasteiger partial charge on any atom is -0.464 e. The van der Waals surface area contributed by atoms with E-state index in [2.05, 4.69) is 0 Å². The van der Waals surface area contributed by atoms with Crippen molar-refractivity contribution >= 4 is 17.6 Å². The van der Waals surface area contributed by atoms with Gasteiger partial charge < -0.3 is 4.74 Å². The van der Waals surface area contributed by atoms with Gasteiger partial charge in [0.1, 0.15) is 6.04 Å². The van der Waals surface area contributed by atoms with Crippen molar-refractivity contribution in [1.29, 1.82) is 0 Å². The van der Waals surface area contributed by atoms with E-state index in [9.17, 15) is 9.59 Å². The van der Waals surface area contributed by atoms with E-state index >= 15 is 0 Å². The van der Waals surface area contributed by atoms with Crippen LogP contribution in [0.3, 0.4) is 0 Å². The summed E-state index contributed by atoms with van der Waals surface area (Å²) in [6, 6.07) is 7.11. The predicted octanol–water partition coefficient (Wildman–Crippen LogP) is 2.55. The summed E-state index contributed by atoms with van der Waals surface area (Å²) in [6.07, 6.45) is 0.975. The van der Waals surface area contributed by atoms with Crippen LogP contribution in [0.2, 0.25) is 0 Å². The minimum absolute atomic E-state index is 0.0232. The van der Waals surface area contributed by atoms with Gasteiger partial charge in [-0.05, 0) is 30.9 Å². The van der Waals surface area contributed by atoms with Gasteiger partial charge in [0.2, 0.25) is 5.91 Å². The maximum Gasteiger partial charge on any atom is 0.329 e. The molecule has 0 spiro atoms. The molecule has 0 aromatic heterocycles. The predicted molar refractivity (Wildman–Crippen MR) is 77.5 cm³/mol. The molecule has 0 bridgehead atoms. The molecule has 108 valence electrons. The van der Waals surface area contributed by atoms with Crippen LogP contribution >= 0.6 is 0 Å². The standard InChI is InChI=1S/C16H21NO3/c1-4-20-16(19)14(9-11(2)3)17-13-8-6-5-7-12(13)10-15(17)18/h5-8,11,14H,4,9-10H2,1-3H3. The Balaban J connectivity index is 2.33. The van der Waals surface area contributed by atoms with Crippen LogP contribution in [0.5, 0.6) is 0 Å². The lowest BCUT2D eigenvalue weighted by Gasteiger charge is -2.28. The largest absolute Gasteiger partial charge is 0.464 e. The number of benzene rings is 1. The van der Waals surface area contributed by atoms with Crippen LogP contribution < -0.4 is 4.90 Å². The van der Waals surface area contributed by atoms with E-state index in [-0.39, 0.29) is 11.9 Å². The maximum absolute atomic E-state index is 12.3. The molecule has 0 fully saturated rings.